The Hall–Kier alpha value is -2.95. The maximum atomic E-state index is 12.4. The largest absolute Gasteiger partial charge is 0.461 e. The molecule has 0 N–H and O–H groups in total. The lowest BCUT2D eigenvalue weighted by Gasteiger charge is -2.19. The van der Waals surface area contributed by atoms with Crippen LogP contribution in [0.25, 0.3) is 11.1 Å². The summed E-state index contributed by atoms with van der Waals surface area (Å²) in [5, 5.41) is 0. The van der Waals surface area contributed by atoms with Gasteiger partial charge in [0.15, 0.2) is 0 Å². The van der Waals surface area contributed by atoms with Crippen LogP contribution in [0.15, 0.2) is 54.6 Å². The highest BCUT2D eigenvalue weighted by Gasteiger charge is 2.47. The summed E-state index contributed by atoms with van der Waals surface area (Å²) in [6, 6.07) is 17.9. The van der Waals surface area contributed by atoms with E-state index >= 15 is 0 Å². The van der Waals surface area contributed by atoms with Crippen molar-refractivity contribution in [3.63, 3.8) is 0 Å². The lowest BCUT2D eigenvalue weighted by Crippen LogP contribution is -2.33. The smallest absolute Gasteiger partial charge is 0.307 e. The SMILES string of the molecule is O=C(CCN1C(=O)[C@H]2CCCC[C@@H]2C1=O)OCc1ccc(-c2ccccc2)cc1. The van der Waals surface area contributed by atoms with E-state index in [1.54, 1.807) is 0 Å². The Bertz CT molecular complexity index is 867. The van der Waals surface area contributed by atoms with Crippen LogP contribution in [0.2, 0.25) is 0 Å². The first kappa shape index (κ1) is 19.4. The number of hydrogen-bond acceptors (Lipinski definition) is 4. The third-order valence-corrected chi connectivity index (χ3v) is 5.93. The molecule has 150 valence electrons. The van der Waals surface area contributed by atoms with Crippen LogP contribution in [0.3, 0.4) is 0 Å². The van der Waals surface area contributed by atoms with Crippen molar-refractivity contribution >= 4 is 17.8 Å². The average molecular weight is 391 g/mol. The molecule has 1 aliphatic heterocycles. The number of likely N-dealkylation sites (tertiary alicyclic amines) is 1. The van der Waals surface area contributed by atoms with E-state index in [1.807, 2.05) is 54.6 Å². The van der Waals surface area contributed by atoms with E-state index in [2.05, 4.69) is 0 Å². The van der Waals surface area contributed by atoms with Crippen LogP contribution in [0.5, 0.6) is 0 Å². The van der Waals surface area contributed by atoms with Crippen LogP contribution in [0, 0.1) is 11.8 Å². The number of carbonyl (C=O) groups excluding carboxylic acids is 3. The van der Waals surface area contributed by atoms with Crippen molar-refractivity contribution in [1.82, 2.24) is 4.90 Å². The number of fused-ring (bicyclic) bond motifs is 1. The second-order valence-corrected chi connectivity index (χ2v) is 7.80. The summed E-state index contributed by atoms with van der Waals surface area (Å²) in [7, 11) is 0. The first-order valence-corrected chi connectivity index (χ1v) is 10.3. The summed E-state index contributed by atoms with van der Waals surface area (Å²) in [5.41, 5.74) is 3.14. The van der Waals surface area contributed by atoms with Crippen molar-refractivity contribution in [2.24, 2.45) is 11.8 Å². The van der Waals surface area contributed by atoms with Gasteiger partial charge in [-0.2, -0.15) is 0 Å². The van der Waals surface area contributed by atoms with Crippen molar-refractivity contribution in [3.05, 3.63) is 60.2 Å². The summed E-state index contributed by atoms with van der Waals surface area (Å²) in [6.45, 7) is 0.303. The molecule has 4 rings (SSSR count). The molecule has 0 bridgehead atoms. The predicted octanol–water partition coefficient (Wildman–Crippen LogP) is 3.96. The summed E-state index contributed by atoms with van der Waals surface area (Å²) in [5.74, 6) is -0.952. The third kappa shape index (κ3) is 4.24. The van der Waals surface area contributed by atoms with Gasteiger partial charge in [-0.15, -0.1) is 0 Å². The van der Waals surface area contributed by atoms with Crippen LogP contribution in [-0.2, 0) is 25.7 Å². The molecular weight excluding hydrogens is 366 g/mol. The fraction of sp³-hybridized carbons (Fsp3) is 0.375. The fourth-order valence-electron chi connectivity index (χ4n) is 4.31. The van der Waals surface area contributed by atoms with Gasteiger partial charge in [0.1, 0.15) is 6.61 Å². The summed E-state index contributed by atoms with van der Waals surface area (Å²) in [6.07, 6.45) is 3.61. The molecule has 2 aromatic carbocycles. The second-order valence-electron chi connectivity index (χ2n) is 7.80. The second kappa shape index (κ2) is 8.60. The maximum Gasteiger partial charge on any atom is 0.307 e. The predicted molar refractivity (Wildman–Crippen MR) is 108 cm³/mol. The van der Waals surface area contributed by atoms with Gasteiger partial charge in [-0.25, -0.2) is 0 Å². The molecule has 1 aliphatic carbocycles. The minimum absolute atomic E-state index is 0.0407. The number of amides is 2. The number of hydrogen-bond donors (Lipinski definition) is 0. The molecule has 5 heteroatoms. The van der Waals surface area contributed by atoms with E-state index in [1.165, 1.54) is 4.90 Å². The Morgan fingerprint density at radius 2 is 1.45 bits per heavy atom. The van der Waals surface area contributed by atoms with Crippen molar-refractivity contribution in [3.8, 4) is 11.1 Å². The number of ether oxygens (including phenoxy) is 1. The Morgan fingerprint density at radius 3 is 2.07 bits per heavy atom. The van der Waals surface area contributed by atoms with Crippen molar-refractivity contribution in [1.29, 1.82) is 0 Å². The van der Waals surface area contributed by atoms with Gasteiger partial charge in [-0.3, -0.25) is 19.3 Å². The quantitative estimate of drug-likeness (QED) is 0.552. The highest BCUT2D eigenvalue weighted by atomic mass is 16.5. The number of nitrogens with zero attached hydrogens (tertiary/aromatic N) is 1. The Morgan fingerprint density at radius 1 is 0.862 bits per heavy atom. The summed E-state index contributed by atoms with van der Waals surface area (Å²) >= 11 is 0. The minimum Gasteiger partial charge on any atom is -0.461 e. The zero-order chi connectivity index (χ0) is 20.2. The minimum atomic E-state index is -0.396. The molecule has 2 aromatic rings. The van der Waals surface area contributed by atoms with E-state index in [4.69, 9.17) is 4.74 Å². The molecule has 0 radical (unpaired) electrons. The van der Waals surface area contributed by atoms with Gasteiger partial charge >= 0.3 is 5.97 Å². The van der Waals surface area contributed by atoms with Crippen molar-refractivity contribution in [2.45, 2.75) is 38.7 Å². The van der Waals surface area contributed by atoms with Gasteiger partial charge in [0.2, 0.25) is 11.8 Å². The number of esters is 1. The lowest BCUT2D eigenvalue weighted by atomic mass is 9.81. The number of benzene rings is 2. The molecular formula is C24H25NO4. The molecule has 5 nitrogen and oxygen atoms in total. The molecule has 0 unspecified atom stereocenters. The first-order chi connectivity index (χ1) is 14.1. The van der Waals surface area contributed by atoms with E-state index in [0.29, 0.717) is 0 Å². The van der Waals surface area contributed by atoms with Gasteiger partial charge < -0.3 is 4.74 Å². The zero-order valence-corrected chi connectivity index (χ0v) is 16.4. The van der Waals surface area contributed by atoms with E-state index in [-0.39, 0.29) is 43.2 Å². The normalized spacial score (nSPS) is 21.2. The zero-order valence-electron chi connectivity index (χ0n) is 16.4. The van der Waals surface area contributed by atoms with Crippen LogP contribution in [0.4, 0.5) is 0 Å². The Kier molecular flexibility index (Phi) is 5.74. The topological polar surface area (TPSA) is 63.7 Å². The lowest BCUT2D eigenvalue weighted by molar-refractivity contribution is -0.146. The average Bonchev–Trinajstić information content (AvgIpc) is 3.02. The van der Waals surface area contributed by atoms with Gasteiger partial charge in [-0.05, 0) is 29.5 Å². The van der Waals surface area contributed by atoms with Gasteiger partial charge in [-0.1, -0.05) is 67.4 Å². The standard InChI is InChI=1S/C24H25NO4/c26-22(14-15-25-23(27)20-8-4-5-9-21(20)24(25)28)29-16-17-10-12-19(13-11-17)18-6-2-1-3-7-18/h1-3,6-7,10-13,20-21H,4-5,8-9,14-16H2/t20-,21-/m0/s1. The molecule has 2 fully saturated rings. The Balaban J connectivity index is 1.26. The number of rotatable bonds is 6. The molecule has 2 atom stereocenters. The van der Waals surface area contributed by atoms with E-state index in [9.17, 15) is 14.4 Å². The van der Waals surface area contributed by atoms with Crippen molar-refractivity contribution < 1.29 is 19.1 Å². The number of imide groups is 1. The summed E-state index contributed by atoms with van der Waals surface area (Å²) < 4.78 is 5.33. The molecule has 1 saturated heterocycles. The molecule has 1 heterocycles. The van der Waals surface area contributed by atoms with Gasteiger partial charge in [0.25, 0.3) is 0 Å². The fourth-order valence-corrected chi connectivity index (χ4v) is 4.31. The van der Waals surface area contributed by atoms with Crippen LogP contribution >= 0.6 is 0 Å². The number of carbonyl (C=O) groups is 3. The summed E-state index contributed by atoms with van der Waals surface area (Å²) in [4.78, 5) is 38.3. The maximum absolute atomic E-state index is 12.4. The Labute approximate surface area is 170 Å². The van der Waals surface area contributed by atoms with Crippen LogP contribution < -0.4 is 0 Å². The molecule has 0 aromatic heterocycles. The third-order valence-electron chi connectivity index (χ3n) is 5.93. The molecule has 0 spiro atoms. The van der Waals surface area contributed by atoms with Gasteiger partial charge in [0, 0.05) is 6.54 Å². The molecule has 2 aliphatic rings. The van der Waals surface area contributed by atoms with E-state index in [0.717, 1.165) is 42.4 Å². The van der Waals surface area contributed by atoms with Crippen molar-refractivity contribution in [2.75, 3.05) is 6.54 Å². The molecule has 29 heavy (non-hydrogen) atoms. The van der Waals surface area contributed by atoms with Crippen LogP contribution in [0.1, 0.15) is 37.7 Å². The molecule has 2 amide bonds. The monoisotopic (exact) mass is 391 g/mol. The first-order valence-electron chi connectivity index (χ1n) is 10.3. The van der Waals surface area contributed by atoms with Gasteiger partial charge in [0.05, 0.1) is 18.3 Å². The highest BCUT2D eigenvalue weighted by molar-refractivity contribution is 6.05. The molecule has 1 saturated carbocycles. The van der Waals surface area contributed by atoms with E-state index < -0.39 is 5.97 Å². The van der Waals surface area contributed by atoms with Crippen LogP contribution in [-0.4, -0.2) is 29.2 Å². The highest BCUT2D eigenvalue weighted by Crippen LogP contribution is 2.38.